The van der Waals surface area contributed by atoms with Crippen LogP contribution in [0.1, 0.15) is 0 Å². The Morgan fingerprint density at radius 2 is 1.00 bits per heavy atom. The van der Waals surface area contributed by atoms with Crippen LogP contribution in [-0.4, -0.2) is 19.9 Å². The Hall–Kier alpha value is -2.18. The molecule has 4 aromatic heterocycles. The van der Waals surface area contributed by atoms with E-state index in [4.69, 9.17) is 0 Å². The van der Waals surface area contributed by atoms with Crippen molar-refractivity contribution in [1.82, 2.24) is 19.9 Å². The topological polar surface area (TPSA) is 51.6 Å². The molecule has 0 amide bonds. The number of hydrogen-bond donors (Lipinski definition) is 0. The minimum Gasteiger partial charge on any atom is -0.265 e. The Morgan fingerprint density at radius 1 is 0.600 bits per heavy atom. The number of hydrogen-bond acceptors (Lipinski definition) is 6. The molecule has 4 heterocycles. The van der Waals surface area contributed by atoms with Crippen LogP contribution in [-0.2, 0) is 0 Å². The third-order valence-corrected chi connectivity index (χ3v) is 4.96. The van der Waals surface area contributed by atoms with E-state index in [1.54, 1.807) is 47.5 Å². The molecule has 6 heteroatoms. The first-order valence-electron chi connectivity index (χ1n) is 5.98. The molecule has 0 bridgehead atoms. The summed E-state index contributed by atoms with van der Waals surface area (Å²) in [6.45, 7) is 0. The summed E-state index contributed by atoms with van der Waals surface area (Å²) >= 11 is 3.22. The molecule has 0 radical (unpaired) electrons. The summed E-state index contributed by atoms with van der Waals surface area (Å²) in [5.41, 5.74) is 2.17. The van der Waals surface area contributed by atoms with E-state index in [1.165, 1.54) is 0 Å². The van der Waals surface area contributed by atoms with Gasteiger partial charge in [0.15, 0.2) is 9.66 Å². The zero-order valence-corrected chi connectivity index (χ0v) is 11.9. The fourth-order valence-corrected chi connectivity index (χ4v) is 3.93. The standard InChI is InChI=1S/C14H8N4S2/c1-5-15-6-2-9(1)11-17-13-14(19-11)18-12(20-13)10-3-7-16-8-4-10/h1-8H. The Labute approximate surface area is 122 Å². The minimum atomic E-state index is 0.980. The number of thiazole rings is 2. The number of aromatic nitrogens is 4. The van der Waals surface area contributed by atoms with Crippen molar-refractivity contribution >= 4 is 32.3 Å². The van der Waals surface area contributed by atoms with Crippen LogP contribution in [0, 0.1) is 0 Å². The highest BCUT2D eigenvalue weighted by Gasteiger charge is 2.12. The molecule has 0 unspecified atom stereocenters. The van der Waals surface area contributed by atoms with E-state index in [2.05, 4.69) is 19.9 Å². The maximum absolute atomic E-state index is 4.66. The lowest BCUT2D eigenvalue weighted by atomic mass is 10.3. The van der Waals surface area contributed by atoms with Gasteiger partial charge in [-0.1, -0.05) is 22.7 Å². The second kappa shape index (κ2) is 4.73. The van der Waals surface area contributed by atoms with E-state index in [1.807, 2.05) is 24.3 Å². The van der Waals surface area contributed by atoms with Gasteiger partial charge in [-0.15, -0.1) is 0 Å². The molecule has 0 aromatic carbocycles. The molecule has 4 rings (SSSR count). The SMILES string of the molecule is c1cc(-c2nc3sc(-c4ccncc4)nc3s2)ccn1. The highest BCUT2D eigenvalue weighted by atomic mass is 32.1. The van der Waals surface area contributed by atoms with Gasteiger partial charge >= 0.3 is 0 Å². The van der Waals surface area contributed by atoms with Gasteiger partial charge < -0.3 is 0 Å². The molecule has 0 aliphatic carbocycles. The molecule has 0 saturated carbocycles. The predicted molar refractivity (Wildman–Crippen MR) is 81.8 cm³/mol. The summed E-state index contributed by atoms with van der Waals surface area (Å²) in [6, 6.07) is 7.86. The van der Waals surface area contributed by atoms with Crippen LogP contribution in [0.4, 0.5) is 0 Å². The maximum Gasteiger partial charge on any atom is 0.155 e. The van der Waals surface area contributed by atoms with Crippen molar-refractivity contribution in [2.75, 3.05) is 0 Å². The smallest absolute Gasteiger partial charge is 0.155 e. The fourth-order valence-electron chi connectivity index (χ4n) is 1.88. The van der Waals surface area contributed by atoms with Gasteiger partial charge in [0.25, 0.3) is 0 Å². The van der Waals surface area contributed by atoms with Crippen molar-refractivity contribution < 1.29 is 0 Å². The van der Waals surface area contributed by atoms with Gasteiger partial charge in [0.2, 0.25) is 0 Å². The Morgan fingerprint density at radius 3 is 1.40 bits per heavy atom. The van der Waals surface area contributed by atoms with Crippen LogP contribution in [0.5, 0.6) is 0 Å². The largest absolute Gasteiger partial charge is 0.265 e. The molecule has 96 valence electrons. The summed E-state index contributed by atoms with van der Waals surface area (Å²) < 4.78 is 0. The molecule has 20 heavy (non-hydrogen) atoms. The van der Waals surface area contributed by atoms with Crippen molar-refractivity contribution in [3.05, 3.63) is 49.1 Å². The molecule has 4 nitrogen and oxygen atoms in total. The quantitative estimate of drug-likeness (QED) is 0.563. The summed E-state index contributed by atoms with van der Waals surface area (Å²) in [5, 5.41) is 1.98. The first kappa shape index (κ1) is 11.6. The van der Waals surface area contributed by atoms with Crippen LogP contribution in [0.3, 0.4) is 0 Å². The lowest BCUT2D eigenvalue weighted by Gasteiger charge is -1.94. The summed E-state index contributed by atoms with van der Waals surface area (Å²) in [7, 11) is 0. The monoisotopic (exact) mass is 296 g/mol. The number of pyridine rings is 2. The van der Waals surface area contributed by atoms with E-state index in [0.717, 1.165) is 30.8 Å². The van der Waals surface area contributed by atoms with Gasteiger partial charge in [-0.25, -0.2) is 9.97 Å². The molecule has 4 aromatic rings. The van der Waals surface area contributed by atoms with E-state index in [9.17, 15) is 0 Å². The van der Waals surface area contributed by atoms with Gasteiger partial charge in [0.05, 0.1) is 0 Å². The molecule has 0 fully saturated rings. The Kier molecular flexibility index (Phi) is 2.75. The lowest BCUT2D eigenvalue weighted by Crippen LogP contribution is -1.76. The molecule has 0 spiro atoms. The summed E-state index contributed by atoms with van der Waals surface area (Å²) in [4.78, 5) is 19.3. The zero-order chi connectivity index (χ0) is 13.4. The lowest BCUT2D eigenvalue weighted by molar-refractivity contribution is 1.32. The van der Waals surface area contributed by atoms with Crippen LogP contribution in [0.2, 0.25) is 0 Å². The maximum atomic E-state index is 4.66. The van der Waals surface area contributed by atoms with Crippen molar-refractivity contribution in [2.24, 2.45) is 0 Å². The van der Waals surface area contributed by atoms with Gasteiger partial charge in [-0.3, -0.25) is 9.97 Å². The molecular weight excluding hydrogens is 288 g/mol. The van der Waals surface area contributed by atoms with Crippen LogP contribution in [0.15, 0.2) is 49.1 Å². The Bertz CT molecular complexity index is 752. The van der Waals surface area contributed by atoms with Gasteiger partial charge in [-0.2, -0.15) is 0 Å². The highest BCUT2D eigenvalue weighted by Crippen LogP contribution is 2.36. The van der Waals surface area contributed by atoms with Crippen molar-refractivity contribution in [3.8, 4) is 21.1 Å². The van der Waals surface area contributed by atoms with Crippen molar-refractivity contribution in [2.45, 2.75) is 0 Å². The van der Waals surface area contributed by atoms with Gasteiger partial charge in [-0.05, 0) is 24.3 Å². The molecule has 0 saturated heterocycles. The fraction of sp³-hybridized carbons (Fsp3) is 0. The third-order valence-electron chi connectivity index (χ3n) is 2.83. The predicted octanol–water partition coefficient (Wildman–Crippen LogP) is 3.88. The van der Waals surface area contributed by atoms with Crippen molar-refractivity contribution in [1.29, 1.82) is 0 Å². The average molecular weight is 296 g/mol. The molecule has 0 aliphatic rings. The van der Waals surface area contributed by atoms with Crippen LogP contribution < -0.4 is 0 Å². The number of fused-ring (bicyclic) bond motifs is 1. The number of rotatable bonds is 2. The van der Waals surface area contributed by atoms with Gasteiger partial charge in [0.1, 0.15) is 10.0 Å². The molecule has 0 N–H and O–H groups in total. The van der Waals surface area contributed by atoms with E-state index in [0.29, 0.717) is 0 Å². The van der Waals surface area contributed by atoms with Crippen LogP contribution >= 0.6 is 22.7 Å². The highest BCUT2D eigenvalue weighted by molar-refractivity contribution is 7.29. The molecule has 0 atom stereocenters. The normalized spacial score (nSPS) is 11.0. The molecule has 0 aliphatic heterocycles. The van der Waals surface area contributed by atoms with Crippen LogP contribution in [0.25, 0.3) is 30.8 Å². The minimum absolute atomic E-state index is 0.980. The zero-order valence-electron chi connectivity index (χ0n) is 10.2. The van der Waals surface area contributed by atoms with E-state index < -0.39 is 0 Å². The van der Waals surface area contributed by atoms with Crippen molar-refractivity contribution in [3.63, 3.8) is 0 Å². The van der Waals surface area contributed by atoms with Gasteiger partial charge in [0, 0.05) is 35.9 Å². The summed E-state index contributed by atoms with van der Waals surface area (Å²) in [5.74, 6) is 0. The first-order valence-corrected chi connectivity index (χ1v) is 7.61. The first-order chi connectivity index (χ1) is 9.90. The Balaban J connectivity index is 1.78. The second-order valence-corrected chi connectivity index (χ2v) is 6.08. The third kappa shape index (κ3) is 1.99. The molecular formula is C14H8N4S2. The van der Waals surface area contributed by atoms with E-state index >= 15 is 0 Å². The van der Waals surface area contributed by atoms with E-state index in [-0.39, 0.29) is 0 Å². The summed E-state index contributed by atoms with van der Waals surface area (Å²) in [6.07, 6.45) is 7.11. The number of nitrogens with zero attached hydrogens (tertiary/aromatic N) is 4. The average Bonchev–Trinajstić information content (AvgIpc) is 3.08. The second-order valence-electron chi connectivity index (χ2n) is 4.12.